The fourth-order valence-electron chi connectivity index (χ4n) is 1.83. The van der Waals surface area contributed by atoms with Gasteiger partial charge in [0.15, 0.2) is 0 Å². The lowest BCUT2D eigenvalue weighted by Gasteiger charge is -1.97. The second kappa shape index (κ2) is 4.56. The normalized spacial score (nSPS) is 10.8. The number of benzene rings is 1. The Morgan fingerprint density at radius 1 is 1.42 bits per heavy atom. The van der Waals surface area contributed by atoms with E-state index in [2.05, 4.69) is 20.5 Å². The van der Waals surface area contributed by atoms with E-state index < -0.39 is 0 Å². The van der Waals surface area contributed by atoms with Crippen LogP contribution >= 0.6 is 0 Å². The molecule has 3 rings (SSSR count). The number of hydrogen-bond donors (Lipinski definition) is 2. The molecule has 0 bridgehead atoms. The largest absolute Gasteiger partial charge is 0.463 e. The average molecular weight is 256 g/mol. The molecule has 0 aliphatic rings. The van der Waals surface area contributed by atoms with E-state index >= 15 is 0 Å². The van der Waals surface area contributed by atoms with Crippen molar-refractivity contribution in [2.24, 2.45) is 0 Å². The van der Waals surface area contributed by atoms with Crippen molar-refractivity contribution in [1.29, 1.82) is 0 Å². The molecule has 6 heteroatoms. The van der Waals surface area contributed by atoms with E-state index in [1.807, 2.05) is 31.2 Å². The van der Waals surface area contributed by atoms with Crippen molar-refractivity contribution in [2.75, 3.05) is 5.32 Å². The minimum absolute atomic E-state index is 0.270. The molecule has 0 aliphatic carbocycles. The summed E-state index contributed by atoms with van der Waals surface area (Å²) in [4.78, 5) is 16.3. The molecule has 2 heterocycles. The number of nitrogens with one attached hydrogen (secondary N) is 2. The van der Waals surface area contributed by atoms with E-state index in [4.69, 9.17) is 4.42 Å². The van der Waals surface area contributed by atoms with Crippen molar-refractivity contribution in [2.45, 2.75) is 13.3 Å². The van der Waals surface area contributed by atoms with Gasteiger partial charge in [0.05, 0.1) is 5.56 Å². The molecule has 2 aromatic heterocycles. The summed E-state index contributed by atoms with van der Waals surface area (Å²) >= 11 is 0. The Morgan fingerprint density at radius 3 is 3.05 bits per heavy atom. The molecule has 0 saturated heterocycles. The molecule has 2 N–H and O–H groups in total. The summed E-state index contributed by atoms with van der Waals surface area (Å²) in [5.41, 5.74) is 1.15. The van der Waals surface area contributed by atoms with Crippen LogP contribution in [-0.2, 0) is 6.42 Å². The second-order valence-corrected chi connectivity index (χ2v) is 4.06. The predicted octanol–water partition coefficient (Wildman–Crippen LogP) is 2.37. The van der Waals surface area contributed by atoms with Crippen LogP contribution in [-0.4, -0.2) is 21.1 Å². The molecule has 0 atom stereocenters. The number of nitrogens with zero attached hydrogens (tertiary/aromatic N) is 2. The Labute approximate surface area is 108 Å². The van der Waals surface area contributed by atoms with Gasteiger partial charge in [0.1, 0.15) is 17.7 Å². The topological polar surface area (TPSA) is 83.8 Å². The number of carbonyl (C=O) groups excluding carboxylic acids is 1. The first-order valence-electron chi connectivity index (χ1n) is 5.97. The molecule has 0 spiro atoms. The quantitative estimate of drug-likeness (QED) is 0.753. The van der Waals surface area contributed by atoms with Crippen LogP contribution in [0.5, 0.6) is 0 Å². The Balaban J connectivity index is 1.87. The molecule has 0 radical (unpaired) electrons. The maximum absolute atomic E-state index is 12.1. The van der Waals surface area contributed by atoms with Crippen molar-refractivity contribution < 1.29 is 9.21 Å². The van der Waals surface area contributed by atoms with Gasteiger partial charge in [0.25, 0.3) is 5.91 Å². The Kier molecular flexibility index (Phi) is 2.75. The highest BCUT2D eigenvalue weighted by atomic mass is 16.3. The smallest absolute Gasteiger partial charge is 0.261 e. The number of aromatic amines is 1. The highest BCUT2D eigenvalue weighted by Crippen LogP contribution is 2.21. The molecule has 3 aromatic rings. The van der Waals surface area contributed by atoms with E-state index in [-0.39, 0.29) is 11.9 Å². The molecule has 6 nitrogen and oxygen atoms in total. The van der Waals surface area contributed by atoms with Crippen LogP contribution < -0.4 is 5.32 Å². The molecule has 0 aliphatic heterocycles. The van der Waals surface area contributed by atoms with Crippen LogP contribution in [0.4, 0.5) is 5.95 Å². The van der Waals surface area contributed by atoms with Crippen LogP contribution in [0.2, 0.25) is 0 Å². The summed E-state index contributed by atoms with van der Waals surface area (Å²) in [5.74, 6) is 0.714. The van der Waals surface area contributed by atoms with E-state index in [0.29, 0.717) is 11.1 Å². The van der Waals surface area contributed by atoms with E-state index in [1.54, 1.807) is 0 Å². The van der Waals surface area contributed by atoms with Crippen LogP contribution in [0.3, 0.4) is 0 Å². The Bertz CT molecular complexity index is 729. The van der Waals surface area contributed by atoms with Gasteiger partial charge in [-0.15, -0.1) is 5.10 Å². The van der Waals surface area contributed by atoms with Crippen molar-refractivity contribution in [3.63, 3.8) is 0 Å². The fourth-order valence-corrected chi connectivity index (χ4v) is 1.83. The minimum Gasteiger partial charge on any atom is -0.463 e. The summed E-state index contributed by atoms with van der Waals surface area (Å²) in [7, 11) is 0. The maximum atomic E-state index is 12.1. The first-order valence-corrected chi connectivity index (χ1v) is 5.97. The number of aromatic nitrogens is 3. The second-order valence-electron chi connectivity index (χ2n) is 4.06. The van der Waals surface area contributed by atoms with E-state index in [0.717, 1.165) is 17.6 Å². The van der Waals surface area contributed by atoms with Crippen molar-refractivity contribution in [3.05, 3.63) is 41.9 Å². The monoisotopic (exact) mass is 256 g/mol. The van der Waals surface area contributed by atoms with Crippen LogP contribution in [0, 0.1) is 0 Å². The van der Waals surface area contributed by atoms with Gasteiger partial charge in [-0.2, -0.15) is 4.98 Å². The zero-order valence-corrected chi connectivity index (χ0v) is 10.3. The molecule has 1 aromatic carbocycles. The SMILES string of the molecule is CCc1nc(NC(=O)c2coc3ccccc23)n[nH]1. The lowest BCUT2D eigenvalue weighted by Crippen LogP contribution is -2.12. The lowest BCUT2D eigenvalue weighted by atomic mass is 10.2. The van der Waals surface area contributed by atoms with Gasteiger partial charge in [-0.25, -0.2) is 0 Å². The maximum Gasteiger partial charge on any atom is 0.261 e. The Morgan fingerprint density at radius 2 is 2.26 bits per heavy atom. The zero-order valence-electron chi connectivity index (χ0n) is 10.3. The minimum atomic E-state index is -0.286. The van der Waals surface area contributed by atoms with Crippen molar-refractivity contribution >= 4 is 22.8 Å². The first-order chi connectivity index (χ1) is 9.28. The van der Waals surface area contributed by atoms with Crippen LogP contribution in [0.15, 0.2) is 34.9 Å². The third kappa shape index (κ3) is 2.08. The van der Waals surface area contributed by atoms with Crippen molar-refractivity contribution in [3.8, 4) is 0 Å². The number of rotatable bonds is 3. The van der Waals surface area contributed by atoms with E-state index in [1.165, 1.54) is 6.26 Å². The first kappa shape index (κ1) is 11.5. The summed E-state index contributed by atoms with van der Waals surface area (Å²) < 4.78 is 5.32. The van der Waals surface area contributed by atoms with Crippen LogP contribution in [0.25, 0.3) is 11.0 Å². The molecule has 19 heavy (non-hydrogen) atoms. The van der Waals surface area contributed by atoms with Gasteiger partial charge >= 0.3 is 0 Å². The van der Waals surface area contributed by atoms with Crippen LogP contribution in [0.1, 0.15) is 23.1 Å². The highest BCUT2D eigenvalue weighted by molar-refractivity contribution is 6.11. The third-order valence-electron chi connectivity index (χ3n) is 2.82. The highest BCUT2D eigenvalue weighted by Gasteiger charge is 2.15. The summed E-state index contributed by atoms with van der Waals surface area (Å²) in [6, 6.07) is 7.37. The summed E-state index contributed by atoms with van der Waals surface area (Å²) in [6.45, 7) is 1.95. The summed E-state index contributed by atoms with van der Waals surface area (Å²) in [5, 5.41) is 10.1. The average Bonchev–Trinajstić information content (AvgIpc) is 3.04. The standard InChI is InChI=1S/C13H12N4O2/c1-2-11-14-13(17-16-11)15-12(18)9-7-19-10-6-4-3-5-8(9)10/h3-7H,2H2,1H3,(H2,14,15,16,17,18). The van der Waals surface area contributed by atoms with Gasteiger partial charge in [0.2, 0.25) is 5.95 Å². The van der Waals surface area contributed by atoms with Gasteiger partial charge in [0, 0.05) is 11.8 Å². The zero-order chi connectivity index (χ0) is 13.2. The number of hydrogen-bond acceptors (Lipinski definition) is 4. The summed E-state index contributed by atoms with van der Waals surface area (Å²) in [6.07, 6.45) is 2.17. The molecule has 1 amide bonds. The lowest BCUT2D eigenvalue weighted by molar-refractivity contribution is 0.102. The van der Waals surface area contributed by atoms with Gasteiger partial charge in [-0.05, 0) is 6.07 Å². The number of amides is 1. The molecular weight excluding hydrogens is 244 g/mol. The predicted molar refractivity (Wildman–Crippen MR) is 69.9 cm³/mol. The van der Waals surface area contributed by atoms with E-state index in [9.17, 15) is 4.79 Å². The molecule has 0 fully saturated rings. The molecule has 96 valence electrons. The number of carbonyl (C=O) groups is 1. The number of H-pyrrole nitrogens is 1. The number of fused-ring (bicyclic) bond motifs is 1. The number of anilines is 1. The van der Waals surface area contributed by atoms with Gasteiger partial charge in [-0.3, -0.25) is 15.2 Å². The molecule has 0 unspecified atom stereocenters. The number of furan rings is 1. The van der Waals surface area contributed by atoms with Gasteiger partial charge in [-0.1, -0.05) is 25.1 Å². The van der Waals surface area contributed by atoms with Crippen molar-refractivity contribution in [1.82, 2.24) is 15.2 Å². The Hall–Kier alpha value is -2.63. The van der Waals surface area contributed by atoms with Gasteiger partial charge < -0.3 is 4.42 Å². The fraction of sp³-hybridized carbons (Fsp3) is 0.154. The number of aryl methyl sites for hydroxylation is 1. The molecular formula is C13H12N4O2. The third-order valence-corrected chi connectivity index (χ3v) is 2.82. The number of para-hydroxylation sites is 1. The molecule has 0 saturated carbocycles.